The Morgan fingerprint density at radius 2 is 1.20 bits per heavy atom. The van der Waals surface area contributed by atoms with Crippen LogP contribution >= 0.6 is 0 Å². The third-order valence-corrected chi connectivity index (χ3v) is 2.50. The fraction of sp³-hybridized carbons (Fsp3) is 0.182. The molecule has 1 heterocycles. The van der Waals surface area contributed by atoms with Crippen LogP contribution in [0.15, 0.2) is 5.10 Å². The van der Waals surface area contributed by atoms with E-state index in [0.717, 1.165) is 4.68 Å². The van der Waals surface area contributed by atoms with Gasteiger partial charge in [0.1, 0.15) is 0 Å². The summed E-state index contributed by atoms with van der Waals surface area (Å²) >= 11 is 0. The van der Waals surface area contributed by atoms with Crippen LogP contribution in [0.2, 0.25) is 0 Å². The van der Waals surface area contributed by atoms with Crippen molar-refractivity contribution in [3.63, 3.8) is 0 Å². The summed E-state index contributed by atoms with van der Waals surface area (Å²) in [6, 6.07) is 0. The van der Waals surface area contributed by atoms with E-state index in [9.17, 15) is 22.0 Å². The van der Waals surface area contributed by atoms with E-state index in [1.54, 1.807) is 0 Å². The van der Waals surface area contributed by atoms with Crippen molar-refractivity contribution in [3.05, 3.63) is 46.3 Å². The number of halogens is 5. The Morgan fingerprint density at radius 3 is 1.65 bits per heavy atom. The molecule has 20 heavy (non-hydrogen) atoms. The number of benzene rings is 1. The highest BCUT2D eigenvalue weighted by Crippen LogP contribution is 2.21. The normalized spacial score (nSPS) is 11.6. The minimum atomic E-state index is -2.21. The number of aryl methyl sites for hydroxylation is 2. The Kier molecular flexibility index (Phi) is 3.51. The minimum Gasteiger partial charge on any atom is -0.203 e. The standard InChI is InChI=1S/C11H7F5N4/c1-4-18-19-5(2)20(4)17-3-6-7(12)9(14)11(16)10(15)8(6)13/h3H,1-2H3. The van der Waals surface area contributed by atoms with Crippen LogP contribution < -0.4 is 0 Å². The summed E-state index contributed by atoms with van der Waals surface area (Å²) in [5.41, 5.74) is -1.13. The van der Waals surface area contributed by atoms with Crippen molar-refractivity contribution in [2.75, 3.05) is 0 Å². The first-order valence-corrected chi connectivity index (χ1v) is 5.29. The van der Waals surface area contributed by atoms with E-state index in [4.69, 9.17) is 0 Å². The fourth-order valence-electron chi connectivity index (χ4n) is 1.48. The molecule has 0 spiro atoms. The van der Waals surface area contributed by atoms with E-state index in [2.05, 4.69) is 15.3 Å². The molecule has 4 nitrogen and oxygen atoms in total. The van der Waals surface area contributed by atoms with Gasteiger partial charge in [-0.1, -0.05) is 0 Å². The molecule has 106 valence electrons. The summed E-state index contributed by atoms with van der Waals surface area (Å²) in [5.74, 6) is -9.58. The van der Waals surface area contributed by atoms with Crippen molar-refractivity contribution in [2.24, 2.45) is 5.10 Å². The van der Waals surface area contributed by atoms with E-state index in [1.807, 2.05) is 0 Å². The third kappa shape index (κ3) is 2.15. The monoisotopic (exact) mass is 290 g/mol. The quantitative estimate of drug-likeness (QED) is 0.369. The lowest BCUT2D eigenvalue weighted by Crippen LogP contribution is -2.07. The van der Waals surface area contributed by atoms with E-state index in [-0.39, 0.29) is 0 Å². The maximum absolute atomic E-state index is 13.4. The van der Waals surface area contributed by atoms with Crippen LogP contribution in [0.1, 0.15) is 17.2 Å². The second-order valence-corrected chi connectivity index (χ2v) is 3.83. The molecule has 0 aliphatic heterocycles. The maximum Gasteiger partial charge on any atom is 0.200 e. The van der Waals surface area contributed by atoms with Crippen LogP contribution in [0.5, 0.6) is 0 Å². The Morgan fingerprint density at radius 1 is 0.800 bits per heavy atom. The molecule has 0 saturated heterocycles. The van der Waals surface area contributed by atoms with Crippen molar-refractivity contribution < 1.29 is 22.0 Å². The van der Waals surface area contributed by atoms with Gasteiger partial charge < -0.3 is 0 Å². The highest BCUT2D eigenvalue weighted by atomic mass is 19.2. The van der Waals surface area contributed by atoms with Gasteiger partial charge in [-0.15, -0.1) is 10.2 Å². The lowest BCUT2D eigenvalue weighted by atomic mass is 10.2. The molecule has 0 atom stereocenters. The van der Waals surface area contributed by atoms with E-state index < -0.39 is 34.6 Å². The summed E-state index contributed by atoms with van der Waals surface area (Å²) < 4.78 is 66.6. The molecule has 0 amide bonds. The zero-order valence-corrected chi connectivity index (χ0v) is 10.3. The first-order chi connectivity index (χ1) is 9.34. The summed E-state index contributed by atoms with van der Waals surface area (Å²) in [6.45, 7) is 3.02. The SMILES string of the molecule is Cc1nnc(C)n1N=Cc1c(F)c(F)c(F)c(F)c1F. The molecular formula is C11H7F5N4. The van der Waals surface area contributed by atoms with Crippen LogP contribution in [-0.2, 0) is 0 Å². The van der Waals surface area contributed by atoms with Crippen molar-refractivity contribution in [1.29, 1.82) is 0 Å². The van der Waals surface area contributed by atoms with Crippen molar-refractivity contribution in [1.82, 2.24) is 14.9 Å². The molecule has 0 aliphatic carbocycles. The van der Waals surface area contributed by atoms with Gasteiger partial charge >= 0.3 is 0 Å². The Bertz CT molecular complexity index is 659. The lowest BCUT2D eigenvalue weighted by Gasteiger charge is -2.04. The number of nitrogens with zero attached hydrogens (tertiary/aromatic N) is 4. The van der Waals surface area contributed by atoms with E-state index in [0.29, 0.717) is 17.9 Å². The van der Waals surface area contributed by atoms with Gasteiger partial charge in [-0.25, -0.2) is 26.6 Å². The molecule has 1 aromatic heterocycles. The van der Waals surface area contributed by atoms with Gasteiger partial charge in [-0.3, -0.25) is 0 Å². The number of hydrogen-bond acceptors (Lipinski definition) is 3. The minimum absolute atomic E-state index is 0.294. The zero-order chi connectivity index (χ0) is 15.0. The van der Waals surface area contributed by atoms with E-state index in [1.165, 1.54) is 13.8 Å². The van der Waals surface area contributed by atoms with Gasteiger partial charge in [-0.2, -0.15) is 5.10 Å². The Labute approximate surface area is 109 Å². The van der Waals surface area contributed by atoms with Crippen LogP contribution in [0.4, 0.5) is 22.0 Å². The van der Waals surface area contributed by atoms with Gasteiger partial charge in [-0.05, 0) is 13.8 Å². The second-order valence-electron chi connectivity index (χ2n) is 3.83. The van der Waals surface area contributed by atoms with Crippen LogP contribution in [0.3, 0.4) is 0 Å². The van der Waals surface area contributed by atoms with Crippen LogP contribution in [-0.4, -0.2) is 21.1 Å². The zero-order valence-electron chi connectivity index (χ0n) is 10.3. The number of rotatable bonds is 2. The molecule has 1 aromatic carbocycles. The van der Waals surface area contributed by atoms with Crippen molar-refractivity contribution >= 4 is 6.21 Å². The molecule has 0 bridgehead atoms. The van der Waals surface area contributed by atoms with Crippen LogP contribution in [0.25, 0.3) is 0 Å². The third-order valence-electron chi connectivity index (χ3n) is 2.50. The van der Waals surface area contributed by atoms with Gasteiger partial charge in [0.2, 0.25) is 5.82 Å². The molecule has 0 radical (unpaired) electrons. The first-order valence-electron chi connectivity index (χ1n) is 5.29. The predicted octanol–water partition coefficient (Wildman–Crippen LogP) is 2.47. The number of hydrogen-bond donors (Lipinski definition) is 0. The molecule has 0 unspecified atom stereocenters. The first kappa shape index (κ1) is 14.1. The molecule has 2 aromatic rings. The summed E-state index contributed by atoms with van der Waals surface area (Å²) in [6.07, 6.45) is 0.527. The molecule has 0 fully saturated rings. The van der Waals surface area contributed by atoms with Gasteiger partial charge in [0.05, 0.1) is 11.8 Å². The second kappa shape index (κ2) is 4.99. The average molecular weight is 290 g/mol. The molecule has 9 heteroatoms. The molecule has 0 saturated carbocycles. The highest BCUT2D eigenvalue weighted by molar-refractivity contribution is 5.80. The Balaban J connectivity index is 2.55. The van der Waals surface area contributed by atoms with Gasteiger partial charge in [0.15, 0.2) is 34.9 Å². The fourth-order valence-corrected chi connectivity index (χ4v) is 1.48. The van der Waals surface area contributed by atoms with Crippen LogP contribution in [0, 0.1) is 42.9 Å². The lowest BCUT2D eigenvalue weighted by molar-refractivity contribution is 0.377. The molecule has 0 aliphatic rings. The molecular weight excluding hydrogens is 283 g/mol. The molecule has 0 N–H and O–H groups in total. The highest BCUT2D eigenvalue weighted by Gasteiger charge is 2.24. The van der Waals surface area contributed by atoms with E-state index >= 15 is 0 Å². The largest absolute Gasteiger partial charge is 0.203 e. The smallest absolute Gasteiger partial charge is 0.200 e. The maximum atomic E-state index is 13.4. The van der Waals surface area contributed by atoms with Gasteiger partial charge in [0, 0.05) is 0 Å². The summed E-state index contributed by atoms with van der Waals surface area (Å²) in [5, 5.41) is 10.9. The predicted molar refractivity (Wildman–Crippen MR) is 58.7 cm³/mol. The number of aromatic nitrogens is 3. The van der Waals surface area contributed by atoms with Crippen molar-refractivity contribution in [2.45, 2.75) is 13.8 Å². The Hall–Kier alpha value is -2.32. The van der Waals surface area contributed by atoms with Crippen molar-refractivity contribution in [3.8, 4) is 0 Å². The summed E-state index contributed by atoms with van der Waals surface area (Å²) in [4.78, 5) is 0. The van der Waals surface area contributed by atoms with Gasteiger partial charge in [0.25, 0.3) is 0 Å². The topological polar surface area (TPSA) is 43.1 Å². The molecule has 2 rings (SSSR count). The summed E-state index contributed by atoms with van der Waals surface area (Å²) in [7, 11) is 0. The average Bonchev–Trinajstić information content (AvgIpc) is 2.74.